The van der Waals surface area contributed by atoms with E-state index in [9.17, 15) is 4.79 Å². The number of aromatic amines is 1. The van der Waals surface area contributed by atoms with E-state index in [-0.39, 0.29) is 5.56 Å². The topological polar surface area (TPSA) is 95.2 Å². The molecule has 0 aliphatic carbocycles. The van der Waals surface area contributed by atoms with Crippen LogP contribution in [-0.4, -0.2) is 41.3 Å². The van der Waals surface area contributed by atoms with Crippen molar-refractivity contribution in [3.05, 3.63) is 76.8 Å². The molecule has 0 spiro atoms. The Bertz CT molecular complexity index is 1300. The Labute approximate surface area is 185 Å². The summed E-state index contributed by atoms with van der Waals surface area (Å²) in [6.45, 7) is 5.26. The highest BCUT2D eigenvalue weighted by molar-refractivity contribution is 5.94. The quantitative estimate of drug-likeness (QED) is 0.443. The van der Waals surface area contributed by atoms with E-state index in [4.69, 9.17) is 4.74 Å². The molecule has 0 atom stereocenters. The highest BCUT2D eigenvalue weighted by atomic mass is 16.5. The predicted octanol–water partition coefficient (Wildman–Crippen LogP) is 3.95. The van der Waals surface area contributed by atoms with Crippen LogP contribution in [0, 0.1) is 6.92 Å². The molecule has 4 aromatic rings. The molecular weight excluding hydrogens is 404 g/mol. The molecule has 4 heterocycles. The zero-order valence-electron chi connectivity index (χ0n) is 17.8. The van der Waals surface area contributed by atoms with E-state index in [0.717, 1.165) is 48.6 Å². The minimum absolute atomic E-state index is 0.192. The van der Waals surface area contributed by atoms with Crippen LogP contribution in [0.1, 0.15) is 5.56 Å². The third-order valence-corrected chi connectivity index (χ3v) is 5.43. The standard InChI is InChI=1S/C24H24N6O2/c1-16-6-8-25-20(14-16)28-21-15-17-7-9-26-24(31)22(17)23(29-21)27-18-2-4-19(5-3-18)30-10-12-32-13-11-30/h2-9,14-15H,10-13H2,1H3,(H,26,31)(H2,25,27,28,29). The Morgan fingerprint density at radius 2 is 1.81 bits per heavy atom. The molecule has 5 rings (SSSR count). The van der Waals surface area contributed by atoms with Gasteiger partial charge in [-0.1, -0.05) is 0 Å². The molecular formula is C24H24N6O2. The van der Waals surface area contributed by atoms with Crippen molar-refractivity contribution in [2.45, 2.75) is 6.92 Å². The van der Waals surface area contributed by atoms with Crippen molar-refractivity contribution in [3.63, 3.8) is 0 Å². The highest BCUT2D eigenvalue weighted by Gasteiger charge is 2.13. The number of aryl methyl sites for hydroxylation is 1. The normalized spacial score (nSPS) is 13.8. The van der Waals surface area contributed by atoms with Gasteiger partial charge >= 0.3 is 0 Å². The summed E-state index contributed by atoms with van der Waals surface area (Å²) in [5, 5.41) is 7.85. The van der Waals surface area contributed by atoms with E-state index in [1.807, 2.05) is 43.3 Å². The monoisotopic (exact) mass is 428 g/mol. The summed E-state index contributed by atoms with van der Waals surface area (Å²) in [4.78, 5) is 26.6. The smallest absolute Gasteiger partial charge is 0.259 e. The van der Waals surface area contributed by atoms with Crippen molar-refractivity contribution in [1.29, 1.82) is 0 Å². The van der Waals surface area contributed by atoms with Crippen LogP contribution >= 0.6 is 0 Å². The van der Waals surface area contributed by atoms with Gasteiger partial charge in [0.15, 0.2) is 0 Å². The molecule has 0 saturated carbocycles. The second-order valence-electron chi connectivity index (χ2n) is 7.74. The molecule has 162 valence electrons. The van der Waals surface area contributed by atoms with Crippen LogP contribution in [0.4, 0.5) is 28.8 Å². The molecule has 3 N–H and O–H groups in total. The van der Waals surface area contributed by atoms with E-state index in [2.05, 4.69) is 42.6 Å². The maximum Gasteiger partial charge on any atom is 0.259 e. The molecule has 3 aromatic heterocycles. The Balaban J connectivity index is 1.47. The predicted molar refractivity (Wildman–Crippen MR) is 127 cm³/mol. The first-order chi connectivity index (χ1) is 15.7. The zero-order valence-corrected chi connectivity index (χ0v) is 17.8. The van der Waals surface area contributed by atoms with Gasteiger partial charge in [0, 0.05) is 36.9 Å². The number of hydrogen-bond acceptors (Lipinski definition) is 7. The van der Waals surface area contributed by atoms with Crippen molar-refractivity contribution in [1.82, 2.24) is 15.0 Å². The molecule has 8 nitrogen and oxygen atoms in total. The van der Waals surface area contributed by atoms with Gasteiger partial charge in [0.2, 0.25) is 0 Å². The summed E-state index contributed by atoms with van der Waals surface area (Å²) in [6, 6.07) is 15.7. The molecule has 1 aromatic carbocycles. The molecule has 1 fully saturated rings. The highest BCUT2D eigenvalue weighted by Crippen LogP contribution is 2.27. The lowest BCUT2D eigenvalue weighted by atomic mass is 10.2. The van der Waals surface area contributed by atoms with Crippen LogP contribution in [0.5, 0.6) is 0 Å². The number of H-pyrrole nitrogens is 1. The van der Waals surface area contributed by atoms with Gasteiger partial charge in [0.25, 0.3) is 5.56 Å². The van der Waals surface area contributed by atoms with E-state index in [1.165, 1.54) is 0 Å². The Hall–Kier alpha value is -3.91. The second-order valence-corrected chi connectivity index (χ2v) is 7.74. The molecule has 1 aliphatic rings. The van der Waals surface area contributed by atoms with Gasteiger partial charge in [-0.2, -0.15) is 0 Å². The van der Waals surface area contributed by atoms with Crippen LogP contribution in [0.2, 0.25) is 0 Å². The molecule has 0 unspecified atom stereocenters. The summed E-state index contributed by atoms with van der Waals surface area (Å²) in [5.41, 5.74) is 2.90. The third-order valence-electron chi connectivity index (χ3n) is 5.43. The first-order valence-corrected chi connectivity index (χ1v) is 10.6. The molecule has 1 saturated heterocycles. The lowest BCUT2D eigenvalue weighted by Crippen LogP contribution is -2.36. The van der Waals surface area contributed by atoms with Gasteiger partial charge < -0.3 is 25.3 Å². The lowest BCUT2D eigenvalue weighted by molar-refractivity contribution is 0.122. The second kappa shape index (κ2) is 8.68. The molecule has 0 radical (unpaired) electrons. The van der Waals surface area contributed by atoms with E-state index < -0.39 is 0 Å². The van der Waals surface area contributed by atoms with Gasteiger partial charge in [0.05, 0.1) is 18.6 Å². The van der Waals surface area contributed by atoms with Crippen LogP contribution in [0.25, 0.3) is 10.8 Å². The maximum atomic E-state index is 12.6. The van der Waals surface area contributed by atoms with Gasteiger partial charge in [-0.05, 0) is 66.4 Å². The number of rotatable bonds is 5. The van der Waals surface area contributed by atoms with Gasteiger partial charge in [-0.3, -0.25) is 4.79 Å². The van der Waals surface area contributed by atoms with Crippen LogP contribution < -0.4 is 21.1 Å². The average molecular weight is 428 g/mol. The van der Waals surface area contributed by atoms with Crippen molar-refractivity contribution < 1.29 is 4.74 Å². The molecule has 0 amide bonds. The SMILES string of the molecule is Cc1ccnc(Nc2cc3cc[nH]c(=O)c3c(Nc3ccc(N4CCOCC4)cc3)n2)c1. The van der Waals surface area contributed by atoms with Crippen LogP contribution in [0.15, 0.2) is 65.7 Å². The number of anilines is 5. The maximum absolute atomic E-state index is 12.6. The fraction of sp³-hybridized carbons (Fsp3) is 0.208. The summed E-state index contributed by atoms with van der Waals surface area (Å²) in [6.07, 6.45) is 3.39. The zero-order chi connectivity index (χ0) is 21.9. The number of fused-ring (bicyclic) bond motifs is 1. The van der Waals surface area contributed by atoms with Crippen LogP contribution in [0.3, 0.4) is 0 Å². The first kappa shape index (κ1) is 20.0. The Morgan fingerprint density at radius 3 is 2.59 bits per heavy atom. The summed E-state index contributed by atoms with van der Waals surface area (Å²) in [7, 11) is 0. The number of nitrogens with zero attached hydrogens (tertiary/aromatic N) is 3. The third kappa shape index (κ3) is 4.26. The van der Waals surface area contributed by atoms with Crippen LogP contribution in [-0.2, 0) is 4.74 Å². The summed E-state index contributed by atoms with van der Waals surface area (Å²) >= 11 is 0. The molecule has 1 aliphatic heterocycles. The molecule has 32 heavy (non-hydrogen) atoms. The minimum Gasteiger partial charge on any atom is -0.378 e. The number of benzene rings is 1. The van der Waals surface area contributed by atoms with Gasteiger partial charge in [-0.15, -0.1) is 0 Å². The summed E-state index contributed by atoms with van der Waals surface area (Å²) in [5.74, 6) is 1.79. The average Bonchev–Trinajstić information content (AvgIpc) is 2.80. The van der Waals surface area contributed by atoms with Crippen molar-refractivity contribution in [3.8, 4) is 0 Å². The molecule has 0 bridgehead atoms. The lowest BCUT2D eigenvalue weighted by Gasteiger charge is -2.28. The Morgan fingerprint density at radius 1 is 1.00 bits per heavy atom. The number of hydrogen-bond donors (Lipinski definition) is 3. The van der Waals surface area contributed by atoms with E-state index in [0.29, 0.717) is 22.8 Å². The number of aromatic nitrogens is 3. The van der Waals surface area contributed by atoms with Crippen molar-refractivity contribution in [2.75, 3.05) is 41.8 Å². The fourth-order valence-corrected chi connectivity index (χ4v) is 3.82. The summed E-state index contributed by atoms with van der Waals surface area (Å²) < 4.78 is 5.43. The number of morpholine rings is 1. The van der Waals surface area contributed by atoms with E-state index >= 15 is 0 Å². The van der Waals surface area contributed by atoms with Gasteiger partial charge in [0.1, 0.15) is 17.5 Å². The largest absolute Gasteiger partial charge is 0.378 e. The number of ether oxygens (including phenoxy) is 1. The van der Waals surface area contributed by atoms with Crippen molar-refractivity contribution >= 4 is 39.6 Å². The Kier molecular flexibility index (Phi) is 5.43. The van der Waals surface area contributed by atoms with Crippen molar-refractivity contribution in [2.24, 2.45) is 0 Å². The number of pyridine rings is 3. The fourth-order valence-electron chi connectivity index (χ4n) is 3.82. The van der Waals surface area contributed by atoms with Gasteiger partial charge in [-0.25, -0.2) is 9.97 Å². The van der Waals surface area contributed by atoms with E-state index in [1.54, 1.807) is 12.4 Å². The molecule has 8 heteroatoms. The minimum atomic E-state index is -0.192. The number of nitrogens with one attached hydrogen (secondary N) is 3. The first-order valence-electron chi connectivity index (χ1n) is 10.6.